The van der Waals surface area contributed by atoms with Crippen molar-refractivity contribution in [3.63, 3.8) is 0 Å². The van der Waals surface area contributed by atoms with E-state index in [2.05, 4.69) is 12.2 Å². The zero-order valence-corrected chi connectivity index (χ0v) is 6.49. The Morgan fingerprint density at radius 3 is 3.27 bits per heavy atom. The smallest absolute Gasteiger partial charge is 0.136 e. The Morgan fingerprint density at radius 1 is 1.45 bits per heavy atom. The molecule has 58 valence electrons. The first kappa shape index (κ1) is 5.99. The minimum atomic E-state index is 0.458. The van der Waals surface area contributed by atoms with Gasteiger partial charge in [0.25, 0.3) is 0 Å². The summed E-state index contributed by atoms with van der Waals surface area (Å²) >= 11 is 0. The van der Waals surface area contributed by atoms with Crippen LogP contribution in [0.25, 0.3) is 0 Å². The highest BCUT2D eigenvalue weighted by atomic mass is 16.1. The van der Waals surface area contributed by atoms with Crippen LogP contribution >= 0.6 is 0 Å². The Labute approximate surface area is 66.5 Å². The molecule has 0 aromatic rings. The maximum Gasteiger partial charge on any atom is 0.136 e. The van der Waals surface area contributed by atoms with E-state index in [4.69, 9.17) is 0 Å². The van der Waals surface area contributed by atoms with E-state index in [1.54, 1.807) is 0 Å². The van der Waals surface area contributed by atoms with Crippen molar-refractivity contribution in [3.05, 3.63) is 12.2 Å². The summed E-state index contributed by atoms with van der Waals surface area (Å²) in [5.41, 5.74) is 0. The van der Waals surface area contributed by atoms with Crippen LogP contribution in [0.1, 0.15) is 19.3 Å². The molecule has 0 saturated heterocycles. The SMILES string of the molecule is O=C1C[C@H]2C[C@H]1[C@H]1CC=C[C@@H]21. The average Bonchev–Trinajstić information content (AvgIpc) is 2.52. The van der Waals surface area contributed by atoms with Crippen molar-refractivity contribution in [1.82, 2.24) is 0 Å². The second-order valence-electron chi connectivity index (χ2n) is 4.18. The van der Waals surface area contributed by atoms with E-state index in [0.29, 0.717) is 11.7 Å². The van der Waals surface area contributed by atoms with Crippen LogP contribution < -0.4 is 0 Å². The molecular weight excluding hydrogens is 136 g/mol. The first-order chi connectivity index (χ1) is 5.36. The highest BCUT2D eigenvalue weighted by Gasteiger charge is 2.51. The Hall–Kier alpha value is -0.590. The Bertz CT molecular complexity index is 241. The summed E-state index contributed by atoms with van der Waals surface area (Å²) in [4.78, 5) is 11.4. The molecule has 0 N–H and O–H groups in total. The monoisotopic (exact) mass is 148 g/mol. The Morgan fingerprint density at radius 2 is 2.36 bits per heavy atom. The third kappa shape index (κ3) is 0.597. The quantitative estimate of drug-likeness (QED) is 0.479. The van der Waals surface area contributed by atoms with Crippen molar-refractivity contribution in [1.29, 1.82) is 0 Å². The van der Waals surface area contributed by atoms with Gasteiger partial charge in [0.2, 0.25) is 0 Å². The molecule has 4 atom stereocenters. The van der Waals surface area contributed by atoms with Gasteiger partial charge in [-0.15, -0.1) is 0 Å². The summed E-state index contributed by atoms with van der Waals surface area (Å²) in [6.45, 7) is 0. The standard InChI is InChI=1S/C10H12O/c11-10-5-6-4-9(10)8-3-1-2-7(6)8/h1-2,6-9H,3-5H2/t6-,7+,8+,9+/m1/s1. The van der Waals surface area contributed by atoms with Crippen LogP contribution in [-0.4, -0.2) is 5.78 Å². The summed E-state index contributed by atoms with van der Waals surface area (Å²) in [7, 11) is 0. The molecule has 0 aliphatic heterocycles. The van der Waals surface area contributed by atoms with Crippen LogP contribution in [0.15, 0.2) is 12.2 Å². The lowest BCUT2D eigenvalue weighted by molar-refractivity contribution is -0.123. The van der Waals surface area contributed by atoms with Crippen LogP contribution in [0.5, 0.6) is 0 Å². The molecule has 0 aromatic heterocycles. The maximum atomic E-state index is 11.4. The number of rotatable bonds is 0. The summed E-state index contributed by atoms with van der Waals surface area (Å²) < 4.78 is 0. The topological polar surface area (TPSA) is 17.1 Å². The fourth-order valence-corrected chi connectivity index (χ4v) is 3.29. The van der Waals surface area contributed by atoms with Gasteiger partial charge in [-0.05, 0) is 30.6 Å². The van der Waals surface area contributed by atoms with E-state index in [0.717, 1.165) is 24.2 Å². The molecule has 0 aromatic carbocycles. The molecule has 0 unspecified atom stereocenters. The molecule has 1 heteroatoms. The van der Waals surface area contributed by atoms with E-state index >= 15 is 0 Å². The predicted octanol–water partition coefficient (Wildman–Crippen LogP) is 1.79. The molecule has 0 amide bonds. The maximum absolute atomic E-state index is 11.4. The lowest BCUT2D eigenvalue weighted by Crippen LogP contribution is -2.24. The van der Waals surface area contributed by atoms with Crippen LogP contribution in [0.4, 0.5) is 0 Å². The first-order valence-electron chi connectivity index (χ1n) is 4.55. The number of hydrogen-bond acceptors (Lipinski definition) is 1. The lowest BCUT2D eigenvalue weighted by Gasteiger charge is -2.22. The van der Waals surface area contributed by atoms with E-state index in [9.17, 15) is 4.79 Å². The zero-order valence-electron chi connectivity index (χ0n) is 6.49. The first-order valence-corrected chi connectivity index (χ1v) is 4.55. The molecule has 2 bridgehead atoms. The summed E-state index contributed by atoms with van der Waals surface area (Å²) in [5.74, 6) is 3.26. The van der Waals surface area contributed by atoms with Gasteiger partial charge in [-0.2, -0.15) is 0 Å². The third-order valence-corrected chi connectivity index (χ3v) is 3.76. The molecule has 3 rings (SSSR count). The molecule has 11 heavy (non-hydrogen) atoms. The normalized spacial score (nSPS) is 52.2. The average molecular weight is 148 g/mol. The fraction of sp³-hybridized carbons (Fsp3) is 0.700. The molecule has 0 spiro atoms. The molecule has 2 fully saturated rings. The van der Waals surface area contributed by atoms with Gasteiger partial charge in [-0.3, -0.25) is 4.79 Å². The predicted molar refractivity (Wildman–Crippen MR) is 42.0 cm³/mol. The van der Waals surface area contributed by atoms with Crippen molar-refractivity contribution in [2.75, 3.05) is 0 Å². The summed E-state index contributed by atoms with van der Waals surface area (Å²) in [6.07, 6.45) is 7.89. The van der Waals surface area contributed by atoms with E-state index < -0.39 is 0 Å². The van der Waals surface area contributed by atoms with Gasteiger partial charge >= 0.3 is 0 Å². The van der Waals surface area contributed by atoms with Crippen molar-refractivity contribution < 1.29 is 4.79 Å². The number of ketones is 1. The van der Waals surface area contributed by atoms with Crippen LogP contribution in [0.3, 0.4) is 0 Å². The fourth-order valence-electron chi connectivity index (χ4n) is 3.29. The molecule has 2 saturated carbocycles. The van der Waals surface area contributed by atoms with Gasteiger partial charge in [0.1, 0.15) is 5.78 Å². The van der Waals surface area contributed by atoms with Gasteiger partial charge in [0, 0.05) is 12.3 Å². The van der Waals surface area contributed by atoms with Gasteiger partial charge in [-0.25, -0.2) is 0 Å². The van der Waals surface area contributed by atoms with E-state index in [1.807, 2.05) is 0 Å². The Kier molecular flexibility index (Phi) is 0.961. The lowest BCUT2D eigenvalue weighted by atomic mass is 9.81. The second-order valence-corrected chi connectivity index (χ2v) is 4.18. The van der Waals surface area contributed by atoms with Crippen LogP contribution in [0, 0.1) is 23.7 Å². The van der Waals surface area contributed by atoms with E-state index in [1.165, 1.54) is 12.8 Å². The van der Waals surface area contributed by atoms with Crippen molar-refractivity contribution >= 4 is 5.78 Å². The summed E-state index contributed by atoms with van der Waals surface area (Å²) in [5, 5.41) is 0. The number of fused-ring (bicyclic) bond motifs is 5. The van der Waals surface area contributed by atoms with E-state index in [-0.39, 0.29) is 0 Å². The highest BCUT2D eigenvalue weighted by Crippen LogP contribution is 2.54. The largest absolute Gasteiger partial charge is 0.299 e. The van der Waals surface area contributed by atoms with Crippen molar-refractivity contribution in [2.45, 2.75) is 19.3 Å². The number of hydrogen-bond donors (Lipinski definition) is 0. The van der Waals surface area contributed by atoms with Crippen molar-refractivity contribution in [3.8, 4) is 0 Å². The minimum absolute atomic E-state index is 0.458. The molecule has 0 heterocycles. The number of carbonyl (C=O) groups excluding carboxylic acids is 1. The molecule has 0 radical (unpaired) electrons. The number of allylic oxidation sites excluding steroid dienone is 2. The van der Waals surface area contributed by atoms with Crippen LogP contribution in [-0.2, 0) is 4.79 Å². The second kappa shape index (κ2) is 1.77. The summed E-state index contributed by atoms with van der Waals surface area (Å²) in [6, 6.07) is 0. The third-order valence-electron chi connectivity index (χ3n) is 3.76. The minimum Gasteiger partial charge on any atom is -0.299 e. The molecule has 1 nitrogen and oxygen atoms in total. The van der Waals surface area contributed by atoms with Gasteiger partial charge in [0.15, 0.2) is 0 Å². The van der Waals surface area contributed by atoms with Crippen molar-refractivity contribution in [2.24, 2.45) is 23.7 Å². The van der Waals surface area contributed by atoms with Gasteiger partial charge < -0.3 is 0 Å². The highest BCUT2D eigenvalue weighted by molar-refractivity contribution is 5.85. The molecular formula is C10H12O. The molecule has 3 aliphatic carbocycles. The van der Waals surface area contributed by atoms with Gasteiger partial charge in [0.05, 0.1) is 0 Å². The Balaban J connectivity index is 1.99. The van der Waals surface area contributed by atoms with Gasteiger partial charge in [-0.1, -0.05) is 12.2 Å². The number of Topliss-reactive ketones (excluding diaryl/α,β-unsaturated/α-hetero) is 1. The molecule has 3 aliphatic rings. The van der Waals surface area contributed by atoms with Crippen LogP contribution in [0.2, 0.25) is 0 Å². The zero-order chi connectivity index (χ0) is 7.42. The number of carbonyl (C=O) groups is 1.